The third-order valence-corrected chi connectivity index (χ3v) is 14.2. The predicted molar refractivity (Wildman–Crippen MR) is 280 cm³/mol. The van der Waals surface area contributed by atoms with E-state index in [2.05, 4.69) is 34.6 Å². The van der Waals surface area contributed by atoms with Crippen molar-refractivity contribution in [2.45, 2.75) is 336 Å². The average Bonchev–Trinajstić information content (AvgIpc) is 3.30. The van der Waals surface area contributed by atoms with Crippen LogP contribution in [-0.4, -0.2) is 37.2 Å². The van der Waals surface area contributed by atoms with Crippen LogP contribution in [0, 0.1) is 11.8 Å². The normalized spacial score (nSPS) is 12.9. The Balaban J connectivity index is 4.23. The number of hydrogen-bond acceptors (Lipinski definition) is 6. The highest BCUT2D eigenvalue weighted by molar-refractivity contribution is 5.71. The van der Waals surface area contributed by atoms with Crippen LogP contribution >= 0.6 is 0 Å². The number of esters is 3. The van der Waals surface area contributed by atoms with E-state index in [4.69, 9.17) is 14.2 Å². The number of rotatable bonds is 53. The van der Waals surface area contributed by atoms with Crippen molar-refractivity contribution in [3.63, 3.8) is 0 Å². The Hall–Kier alpha value is -1.59. The number of carbonyl (C=O) groups excluding carboxylic acids is 3. The molecule has 2 unspecified atom stereocenters. The molecule has 0 aromatic rings. The van der Waals surface area contributed by atoms with E-state index >= 15 is 0 Å². The monoisotopic (exact) mass is 919 g/mol. The highest BCUT2D eigenvalue weighted by atomic mass is 16.6. The lowest BCUT2D eigenvalue weighted by molar-refractivity contribution is -0.167. The largest absolute Gasteiger partial charge is 0.462 e. The van der Waals surface area contributed by atoms with Gasteiger partial charge in [-0.1, -0.05) is 291 Å². The molecule has 3 atom stereocenters. The summed E-state index contributed by atoms with van der Waals surface area (Å²) in [4.78, 5) is 38.1. The lowest BCUT2D eigenvalue weighted by Gasteiger charge is -2.18. The van der Waals surface area contributed by atoms with E-state index in [-0.39, 0.29) is 31.1 Å². The lowest BCUT2D eigenvalue weighted by Crippen LogP contribution is -2.30. The molecule has 0 N–H and O–H groups in total. The number of hydrogen-bond donors (Lipinski definition) is 0. The van der Waals surface area contributed by atoms with Crippen LogP contribution in [-0.2, 0) is 28.6 Å². The molecule has 0 rings (SSSR count). The van der Waals surface area contributed by atoms with Crippen LogP contribution in [0.15, 0.2) is 0 Å². The van der Waals surface area contributed by atoms with Crippen LogP contribution in [0.2, 0.25) is 0 Å². The van der Waals surface area contributed by atoms with Gasteiger partial charge in [0.2, 0.25) is 0 Å². The zero-order valence-electron chi connectivity index (χ0n) is 44.6. The molecule has 0 radical (unpaired) electrons. The highest BCUT2D eigenvalue weighted by Crippen LogP contribution is 2.19. The van der Waals surface area contributed by atoms with Gasteiger partial charge in [-0.3, -0.25) is 14.4 Å². The first-order valence-electron chi connectivity index (χ1n) is 29.3. The molecule has 0 aliphatic heterocycles. The summed E-state index contributed by atoms with van der Waals surface area (Å²) < 4.78 is 16.9. The van der Waals surface area contributed by atoms with E-state index in [1.807, 2.05) is 0 Å². The van der Waals surface area contributed by atoms with E-state index in [0.29, 0.717) is 19.3 Å². The summed E-state index contributed by atoms with van der Waals surface area (Å²) >= 11 is 0. The first kappa shape index (κ1) is 63.4. The summed E-state index contributed by atoms with van der Waals surface area (Å²) in [6.07, 6.45) is 55.1. The quantitative estimate of drug-likeness (QED) is 0.0344. The van der Waals surface area contributed by atoms with Crippen LogP contribution in [0.1, 0.15) is 330 Å². The molecule has 0 aliphatic carbocycles. The van der Waals surface area contributed by atoms with Crippen molar-refractivity contribution < 1.29 is 28.6 Å². The first-order chi connectivity index (χ1) is 31.8. The van der Waals surface area contributed by atoms with Gasteiger partial charge in [0.25, 0.3) is 0 Å². The SMILES string of the molecule is CCCCCCCCCCCCCC(=O)OC[C@@H](COC(=O)CCCCCCCCCCCCC(C)CC)OC(=O)CCCCCCCCCCCCCCCCCCCCC(C)CC. The second-order valence-corrected chi connectivity index (χ2v) is 20.8. The predicted octanol–water partition coefficient (Wildman–Crippen LogP) is 19.3. The lowest BCUT2D eigenvalue weighted by atomic mass is 9.99. The minimum atomic E-state index is -0.762. The molecule has 6 nitrogen and oxygen atoms in total. The van der Waals surface area contributed by atoms with Crippen LogP contribution in [0.25, 0.3) is 0 Å². The van der Waals surface area contributed by atoms with E-state index in [1.165, 1.54) is 218 Å². The third-order valence-electron chi connectivity index (χ3n) is 14.2. The van der Waals surface area contributed by atoms with Crippen molar-refractivity contribution >= 4 is 17.9 Å². The standard InChI is InChI=1S/C59H114O6/c1-6-9-10-11-12-13-22-29-34-39-44-49-57(60)63-52-56(53-64-58(61)50-45-40-35-30-26-25-28-33-38-43-48-55(5)8-3)65-59(62)51-46-41-36-31-24-21-19-17-15-14-16-18-20-23-27-32-37-42-47-54(4)7-2/h54-56H,6-53H2,1-5H3/t54?,55?,56-/m0/s1. The highest BCUT2D eigenvalue weighted by Gasteiger charge is 2.19. The Morgan fingerprint density at radius 2 is 0.538 bits per heavy atom. The summed E-state index contributed by atoms with van der Waals surface area (Å²) in [6.45, 7) is 11.5. The third kappa shape index (κ3) is 50.1. The summed E-state index contributed by atoms with van der Waals surface area (Å²) in [5, 5.41) is 0. The molecule has 0 heterocycles. The van der Waals surface area contributed by atoms with Crippen molar-refractivity contribution in [1.82, 2.24) is 0 Å². The van der Waals surface area contributed by atoms with Gasteiger partial charge in [0.15, 0.2) is 6.10 Å². The Morgan fingerprint density at radius 3 is 0.800 bits per heavy atom. The average molecular weight is 920 g/mol. The van der Waals surface area contributed by atoms with Crippen LogP contribution in [0.5, 0.6) is 0 Å². The van der Waals surface area contributed by atoms with Crippen LogP contribution in [0.4, 0.5) is 0 Å². The van der Waals surface area contributed by atoms with Gasteiger partial charge < -0.3 is 14.2 Å². The zero-order chi connectivity index (χ0) is 47.5. The molecule has 0 bridgehead atoms. The molecule has 0 aliphatic rings. The molecule has 0 aromatic carbocycles. The molecule has 0 saturated heterocycles. The Kier molecular flexibility index (Phi) is 50.5. The van der Waals surface area contributed by atoms with E-state index in [0.717, 1.165) is 69.6 Å². The van der Waals surface area contributed by atoms with Gasteiger partial charge in [0.1, 0.15) is 13.2 Å². The van der Waals surface area contributed by atoms with Gasteiger partial charge in [0, 0.05) is 19.3 Å². The van der Waals surface area contributed by atoms with Crippen molar-refractivity contribution in [2.24, 2.45) is 11.8 Å². The summed E-state index contributed by atoms with van der Waals surface area (Å²) in [6, 6.07) is 0. The summed E-state index contributed by atoms with van der Waals surface area (Å²) in [5.74, 6) is 0.938. The van der Waals surface area contributed by atoms with Crippen molar-refractivity contribution in [2.75, 3.05) is 13.2 Å². The van der Waals surface area contributed by atoms with Gasteiger partial charge in [-0.05, 0) is 31.1 Å². The number of unbranched alkanes of at least 4 members (excludes halogenated alkanes) is 36. The summed E-state index contributed by atoms with van der Waals surface area (Å²) in [5.41, 5.74) is 0. The van der Waals surface area contributed by atoms with Crippen molar-refractivity contribution in [1.29, 1.82) is 0 Å². The number of ether oxygens (including phenoxy) is 3. The fourth-order valence-corrected chi connectivity index (χ4v) is 8.99. The fraction of sp³-hybridized carbons (Fsp3) is 0.949. The molecular formula is C59H114O6. The zero-order valence-corrected chi connectivity index (χ0v) is 44.6. The topological polar surface area (TPSA) is 78.9 Å². The van der Waals surface area contributed by atoms with Gasteiger partial charge in [0.05, 0.1) is 0 Å². The van der Waals surface area contributed by atoms with Crippen molar-refractivity contribution in [3.05, 3.63) is 0 Å². The smallest absolute Gasteiger partial charge is 0.306 e. The second-order valence-electron chi connectivity index (χ2n) is 20.8. The fourth-order valence-electron chi connectivity index (χ4n) is 8.99. The van der Waals surface area contributed by atoms with Gasteiger partial charge in [-0.15, -0.1) is 0 Å². The molecule has 0 aromatic heterocycles. The van der Waals surface area contributed by atoms with Crippen LogP contribution < -0.4 is 0 Å². The van der Waals surface area contributed by atoms with Gasteiger partial charge in [-0.25, -0.2) is 0 Å². The summed E-state index contributed by atoms with van der Waals surface area (Å²) in [7, 11) is 0. The second kappa shape index (κ2) is 51.8. The molecule has 0 saturated carbocycles. The maximum Gasteiger partial charge on any atom is 0.306 e. The maximum absolute atomic E-state index is 12.9. The first-order valence-corrected chi connectivity index (χ1v) is 29.3. The maximum atomic E-state index is 12.9. The molecule has 0 amide bonds. The van der Waals surface area contributed by atoms with E-state index in [1.54, 1.807) is 0 Å². The van der Waals surface area contributed by atoms with E-state index in [9.17, 15) is 14.4 Å². The molecule has 0 fully saturated rings. The molecule has 0 spiro atoms. The molecule has 6 heteroatoms. The van der Waals surface area contributed by atoms with E-state index < -0.39 is 6.10 Å². The number of carbonyl (C=O) groups is 3. The minimum Gasteiger partial charge on any atom is -0.462 e. The molecular weight excluding hydrogens is 805 g/mol. The van der Waals surface area contributed by atoms with Gasteiger partial charge in [-0.2, -0.15) is 0 Å². The Labute approximate surface area is 406 Å². The van der Waals surface area contributed by atoms with Gasteiger partial charge >= 0.3 is 17.9 Å². The molecule has 65 heavy (non-hydrogen) atoms. The van der Waals surface area contributed by atoms with Crippen molar-refractivity contribution in [3.8, 4) is 0 Å². The Bertz CT molecular complexity index is 997. The minimum absolute atomic E-state index is 0.0629. The van der Waals surface area contributed by atoms with Crippen LogP contribution in [0.3, 0.4) is 0 Å². The molecule has 386 valence electrons. The Morgan fingerprint density at radius 1 is 0.308 bits per heavy atom.